The Hall–Kier alpha value is 0.0900. The van der Waals surface area contributed by atoms with Crippen molar-refractivity contribution in [3.8, 4) is 0 Å². The van der Waals surface area contributed by atoms with Gasteiger partial charge in [0.05, 0.1) is 6.61 Å². The van der Waals surface area contributed by atoms with Crippen LogP contribution in [0, 0.1) is 0 Å². The molecule has 0 amide bonds. The van der Waals surface area contributed by atoms with Gasteiger partial charge in [-0.25, -0.2) is 9.13 Å². The first-order valence-electron chi connectivity index (χ1n) is 6.69. The van der Waals surface area contributed by atoms with Crippen LogP contribution in [0.15, 0.2) is 23.3 Å². The van der Waals surface area contributed by atoms with Crippen molar-refractivity contribution in [2.24, 2.45) is 0 Å². The van der Waals surface area contributed by atoms with Gasteiger partial charge in [-0.2, -0.15) is 16.1 Å². The Morgan fingerprint density at radius 3 is 2.32 bits per heavy atom. The van der Waals surface area contributed by atoms with Crippen LogP contribution < -0.4 is 0 Å². The van der Waals surface area contributed by atoms with E-state index in [0.29, 0.717) is 0 Å². The Morgan fingerprint density at radius 2 is 1.77 bits per heavy atom. The molecule has 0 saturated heterocycles. The fourth-order valence-corrected chi connectivity index (χ4v) is 3.57. The number of rotatable bonds is 11. The summed E-state index contributed by atoms with van der Waals surface area (Å²) >= 11 is 1.86. The Kier molecular flexibility index (Phi) is 10.8. The third-order valence-corrected chi connectivity index (χ3v) is 5.66. The average Bonchev–Trinajstić information content (AvgIpc) is 2.33. The van der Waals surface area contributed by atoms with Crippen molar-refractivity contribution >= 4 is 27.4 Å². The summed E-state index contributed by atoms with van der Waals surface area (Å²) in [4.78, 5) is 26.0. The van der Waals surface area contributed by atoms with E-state index in [9.17, 15) is 9.13 Å². The van der Waals surface area contributed by atoms with Gasteiger partial charge in [0, 0.05) is 5.75 Å². The summed E-state index contributed by atoms with van der Waals surface area (Å²) in [5.41, 5.74) is 2.26. The molecule has 130 valence electrons. The van der Waals surface area contributed by atoms with Gasteiger partial charge >= 0.3 is 15.6 Å². The first kappa shape index (κ1) is 22.1. The molecule has 7 nitrogen and oxygen atoms in total. The van der Waals surface area contributed by atoms with Gasteiger partial charge in [0.1, 0.15) is 0 Å². The summed E-state index contributed by atoms with van der Waals surface area (Å²) in [6.07, 6.45) is 5.35. The maximum absolute atomic E-state index is 11.2. The SMILES string of the molecule is CCSC/C(C)=C/CC/C(C)=C/COP(=O)(O)OP(=O)(O)O. The highest BCUT2D eigenvalue weighted by molar-refractivity contribution is 7.99. The summed E-state index contributed by atoms with van der Waals surface area (Å²) < 4.78 is 29.8. The monoisotopic (exact) mass is 374 g/mol. The normalized spacial score (nSPS) is 16.6. The molecule has 0 aliphatic carbocycles. The van der Waals surface area contributed by atoms with Crippen LogP contribution in [-0.4, -0.2) is 32.8 Å². The molecule has 0 rings (SSSR count). The van der Waals surface area contributed by atoms with E-state index >= 15 is 0 Å². The Balaban J connectivity index is 4.14. The van der Waals surface area contributed by atoms with E-state index in [2.05, 4.69) is 28.8 Å². The number of allylic oxidation sites excluding steroid dienone is 2. The van der Waals surface area contributed by atoms with Crippen molar-refractivity contribution in [3.63, 3.8) is 0 Å². The lowest BCUT2D eigenvalue weighted by Gasteiger charge is -2.11. The van der Waals surface area contributed by atoms with Gasteiger partial charge in [-0.3, -0.25) is 4.52 Å². The molecule has 3 N–H and O–H groups in total. The molecule has 10 heteroatoms. The summed E-state index contributed by atoms with van der Waals surface area (Å²) in [5.74, 6) is 2.09. The van der Waals surface area contributed by atoms with E-state index in [-0.39, 0.29) is 6.61 Å². The molecule has 0 aliphatic rings. The number of hydrogen-bond acceptors (Lipinski definition) is 5. The zero-order valence-corrected chi connectivity index (χ0v) is 15.6. The molecule has 1 unspecified atom stereocenters. The van der Waals surface area contributed by atoms with Crippen LogP contribution >= 0.6 is 27.4 Å². The minimum atomic E-state index is -5.06. The number of phosphoric acid groups is 2. The zero-order chi connectivity index (χ0) is 17.2. The number of thioether (sulfide) groups is 1. The van der Waals surface area contributed by atoms with Crippen molar-refractivity contribution in [2.45, 2.75) is 33.6 Å². The molecule has 0 bridgehead atoms. The van der Waals surface area contributed by atoms with Crippen LogP contribution in [0.4, 0.5) is 0 Å². The summed E-state index contributed by atoms with van der Waals surface area (Å²) in [6.45, 7) is 5.78. The Morgan fingerprint density at radius 1 is 1.14 bits per heavy atom. The van der Waals surface area contributed by atoms with Crippen LogP contribution in [0.3, 0.4) is 0 Å². The molecule has 0 saturated carbocycles. The van der Waals surface area contributed by atoms with E-state index in [1.165, 1.54) is 5.57 Å². The number of hydrogen-bond donors (Lipinski definition) is 3. The van der Waals surface area contributed by atoms with E-state index in [1.807, 2.05) is 18.7 Å². The Bertz CT molecular complexity index is 484. The maximum Gasteiger partial charge on any atom is 0.481 e. The van der Waals surface area contributed by atoms with Crippen LogP contribution in [0.1, 0.15) is 33.6 Å². The molecule has 0 fully saturated rings. The fraction of sp³-hybridized carbons (Fsp3) is 0.667. The van der Waals surface area contributed by atoms with Gasteiger partial charge < -0.3 is 14.7 Å². The van der Waals surface area contributed by atoms with E-state index in [1.54, 1.807) is 6.08 Å². The summed E-state index contributed by atoms with van der Waals surface area (Å²) in [6, 6.07) is 0. The molecule has 0 aromatic heterocycles. The van der Waals surface area contributed by atoms with E-state index < -0.39 is 15.6 Å². The topological polar surface area (TPSA) is 113 Å². The highest BCUT2D eigenvalue weighted by atomic mass is 32.2. The summed E-state index contributed by atoms with van der Waals surface area (Å²) in [5, 5.41) is 0. The van der Waals surface area contributed by atoms with Gasteiger partial charge in [-0.15, -0.1) is 0 Å². The van der Waals surface area contributed by atoms with Gasteiger partial charge in [-0.05, 0) is 32.4 Å². The smallest absolute Gasteiger partial charge is 0.302 e. The van der Waals surface area contributed by atoms with Gasteiger partial charge in [0.25, 0.3) is 0 Å². The molecule has 1 atom stereocenters. The zero-order valence-electron chi connectivity index (χ0n) is 13.0. The standard InChI is InChI=1S/C12H24O7P2S/c1-4-22-10-12(3)7-5-6-11(2)8-9-18-21(16,17)19-20(13,14)15/h7-8H,4-6,9-10H2,1-3H3,(H,16,17)(H2,13,14,15)/b11-8+,12-7+. The second-order valence-corrected chi connectivity index (χ2v) is 8.72. The van der Waals surface area contributed by atoms with Crippen molar-refractivity contribution in [1.82, 2.24) is 0 Å². The third kappa shape index (κ3) is 13.7. The van der Waals surface area contributed by atoms with Crippen LogP contribution in [-0.2, 0) is 18.0 Å². The van der Waals surface area contributed by atoms with Gasteiger partial charge in [0.2, 0.25) is 0 Å². The lowest BCUT2D eigenvalue weighted by molar-refractivity contribution is 0.191. The predicted octanol–water partition coefficient (Wildman–Crippen LogP) is 3.64. The second kappa shape index (κ2) is 10.8. The molecule has 0 spiro atoms. The molecule has 0 heterocycles. The van der Waals surface area contributed by atoms with Crippen molar-refractivity contribution in [3.05, 3.63) is 23.3 Å². The first-order valence-corrected chi connectivity index (χ1v) is 10.9. The molecule has 0 aliphatic heterocycles. The quantitative estimate of drug-likeness (QED) is 0.371. The maximum atomic E-state index is 11.2. The average molecular weight is 374 g/mol. The molecular weight excluding hydrogens is 350 g/mol. The van der Waals surface area contributed by atoms with Crippen molar-refractivity contribution in [1.29, 1.82) is 0 Å². The summed E-state index contributed by atoms with van der Waals surface area (Å²) in [7, 11) is -9.80. The first-order chi connectivity index (χ1) is 10.1. The highest BCUT2D eigenvalue weighted by Crippen LogP contribution is 2.57. The molecule has 0 radical (unpaired) electrons. The number of phosphoric ester groups is 1. The Labute approximate surface area is 135 Å². The highest BCUT2D eigenvalue weighted by Gasteiger charge is 2.31. The minimum Gasteiger partial charge on any atom is -0.302 e. The third-order valence-electron chi connectivity index (χ3n) is 2.44. The molecular formula is C12H24O7P2S. The van der Waals surface area contributed by atoms with E-state index in [0.717, 1.165) is 29.9 Å². The minimum absolute atomic E-state index is 0.256. The van der Waals surface area contributed by atoms with Crippen LogP contribution in [0.2, 0.25) is 0 Å². The van der Waals surface area contributed by atoms with Crippen LogP contribution in [0.5, 0.6) is 0 Å². The van der Waals surface area contributed by atoms with Crippen LogP contribution in [0.25, 0.3) is 0 Å². The lowest BCUT2D eigenvalue weighted by Crippen LogP contribution is -1.94. The lowest BCUT2D eigenvalue weighted by atomic mass is 10.1. The molecule has 0 aromatic rings. The van der Waals surface area contributed by atoms with Gasteiger partial charge in [-0.1, -0.05) is 30.2 Å². The molecule has 22 heavy (non-hydrogen) atoms. The van der Waals surface area contributed by atoms with E-state index in [4.69, 9.17) is 14.7 Å². The van der Waals surface area contributed by atoms with Crippen molar-refractivity contribution in [2.75, 3.05) is 18.1 Å². The molecule has 0 aromatic carbocycles. The second-order valence-electron chi connectivity index (χ2n) is 4.61. The van der Waals surface area contributed by atoms with Gasteiger partial charge in [0.15, 0.2) is 0 Å². The predicted molar refractivity (Wildman–Crippen MR) is 88.7 cm³/mol. The fourth-order valence-electron chi connectivity index (χ4n) is 1.40. The largest absolute Gasteiger partial charge is 0.481 e. The van der Waals surface area contributed by atoms with Crippen molar-refractivity contribution < 1.29 is 32.6 Å².